The normalized spacial score (nSPS) is 12.9. The SMILES string of the molecule is CC(C)C(Br)CC(=O)c1ccccc1. The Morgan fingerprint density at radius 2 is 1.86 bits per heavy atom. The number of rotatable bonds is 4. The van der Waals surface area contributed by atoms with Crippen molar-refractivity contribution >= 4 is 21.7 Å². The molecular formula is C12H15BrO. The molecule has 2 heteroatoms. The van der Waals surface area contributed by atoms with Crippen LogP contribution in [0.15, 0.2) is 30.3 Å². The van der Waals surface area contributed by atoms with Gasteiger partial charge in [0.15, 0.2) is 5.78 Å². The fourth-order valence-electron chi connectivity index (χ4n) is 1.15. The maximum absolute atomic E-state index is 11.7. The summed E-state index contributed by atoms with van der Waals surface area (Å²) in [6.45, 7) is 4.22. The lowest BCUT2D eigenvalue weighted by atomic mass is 10.0. The molecule has 1 atom stereocenters. The highest BCUT2D eigenvalue weighted by Crippen LogP contribution is 2.18. The number of carbonyl (C=O) groups excluding carboxylic acids is 1. The van der Waals surface area contributed by atoms with Crippen molar-refractivity contribution in [3.05, 3.63) is 35.9 Å². The summed E-state index contributed by atoms with van der Waals surface area (Å²) in [5.74, 6) is 0.698. The van der Waals surface area contributed by atoms with Crippen LogP contribution in [0.4, 0.5) is 0 Å². The highest BCUT2D eigenvalue weighted by Gasteiger charge is 2.14. The van der Waals surface area contributed by atoms with Gasteiger partial charge in [-0.1, -0.05) is 60.1 Å². The van der Waals surface area contributed by atoms with Gasteiger partial charge in [-0.05, 0) is 5.92 Å². The number of halogens is 1. The molecule has 0 aliphatic carbocycles. The number of benzene rings is 1. The molecule has 0 aliphatic heterocycles. The zero-order valence-corrected chi connectivity index (χ0v) is 10.1. The predicted octanol–water partition coefficient (Wildman–Crippen LogP) is 3.68. The summed E-state index contributed by atoms with van der Waals surface area (Å²) >= 11 is 3.52. The Kier molecular flexibility index (Phi) is 4.33. The molecule has 0 N–H and O–H groups in total. The predicted molar refractivity (Wildman–Crippen MR) is 62.9 cm³/mol. The molecule has 0 amide bonds. The highest BCUT2D eigenvalue weighted by molar-refractivity contribution is 9.09. The lowest BCUT2D eigenvalue weighted by Gasteiger charge is -2.12. The van der Waals surface area contributed by atoms with Gasteiger partial charge < -0.3 is 0 Å². The summed E-state index contributed by atoms with van der Waals surface area (Å²) in [5.41, 5.74) is 0.803. The molecule has 0 fully saturated rings. The fraction of sp³-hybridized carbons (Fsp3) is 0.417. The smallest absolute Gasteiger partial charge is 0.163 e. The third-order valence-electron chi connectivity index (χ3n) is 2.20. The van der Waals surface area contributed by atoms with Crippen LogP contribution in [0.3, 0.4) is 0 Å². The van der Waals surface area contributed by atoms with E-state index in [1.165, 1.54) is 0 Å². The van der Waals surface area contributed by atoms with Crippen molar-refractivity contribution in [2.24, 2.45) is 5.92 Å². The molecular weight excluding hydrogens is 240 g/mol. The van der Waals surface area contributed by atoms with Crippen molar-refractivity contribution in [3.63, 3.8) is 0 Å². The maximum atomic E-state index is 11.7. The summed E-state index contributed by atoms with van der Waals surface area (Å²) in [5, 5.41) is 0. The molecule has 0 radical (unpaired) electrons. The quantitative estimate of drug-likeness (QED) is 0.592. The first-order valence-electron chi connectivity index (χ1n) is 4.83. The monoisotopic (exact) mass is 254 g/mol. The summed E-state index contributed by atoms with van der Waals surface area (Å²) in [4.78, 5) is 12.0. The molecule has 14 heavy (non-hydrogen) atoms. The van der Waals surface area contributed by atoms with E-state index in [1.807, 2.05) is 30.3 Å². The fourth-order valence-corrected chi connectivity index (χ4v) is 1.45. The second kappa shape index (κ2) is 5.30. The number of Topliss-reactive ketones (excluding diaryl/α,β-unsaturated/α-hetero) is 1. The first-order chi connectivity index (χ1) is 6.61. The number of alkyl halides is 1. The molecule has 0 aromatic heterocycles. The average molecular weight is 255 g/mol. The van der Waals surface area contributed by atoms with E-state index in [2.05, 4.69) is 29.8 Å². The van der Waals surface area contributed by atoms with Crippen LogP contribution in [-0.2, 0) is 0 Å². The lowest BCUT2D eigenvalue weighted by Crippen LogP contribution is -2.13. The minimum atomic E-state index is 0.209. The van der Waals surface area contributed by atoms with Gasteiger partial charge in [-0.3, -0.25) is 4.79 Å². The minimum Gasteiger partial charge on any atom is -0.294 e. The molecule has 1 aromatic carbocycles. The van der Waals surface area contributed by atoms with Gasteiger partial charge in [0.2, 0.25) is 0 Å². The van der Waals surface area contributed by atoms with Gasteiger partial charge >= 0.3 is 0 Å². The Labute approximate surface area is 93.7 Å². The maximum Gasteiger partial charge on any atom is 0.163 e. The highest BCUT2D eigenvalue weighted by atomic mass is 79.9. The van der Waals surface area contributed by atoms with Crippen LogP contribution < -0.4 is 0 Å². The van der Waals surface area contributed by atoms with E-state index in [0.717, 1.165) is 5.56 Å². The van der Waals surface area contributed by atoms with Gasteiger partial charge in [0.25, 0.3) is 0 Å². The van der Waals surface area contributed by atoms with Crippen molar-refractivity contribution in [3.8, 4) is 0 Å². The zero-order chi connectivity index (χ0) is 10.6. The van der Waals surface area contributed by atoms with E-state index in [4.69, 9.17) is 0 Å². The first kappa shape index (κ1) is 11.4. The number of carbonyl (C=O) groups is 1. The largest absolute Gasteiger partial charge is 0.294 e. The Morgan fingerprint density at radius 3 is 2.36 bits per heavy atom. The molecule has 1 aromatic rings. The van der Waals surface area contributed by atoms with Gasteiger partial charge in [0.05, 0.1) is 0 Å². The zero-order valence-electron chi connectivity index (χ0n) is 8.53. The van der Waals surface area contributed by atoms with Crippen LogP contribution in [-0.4, -0.2) is 10.6 Å². The second-order valence-electron chi connectivity index (χ2n) is 3.75. The molecule has 1 rings (SSSR count). The molecule has 0 spiro atoms. The molecule has 76 valence electrons. The van der Waals surface area contributed by atoms with E-state index in [0.29, 0.717) is 12.3 Å². The molecule has 1 unspecified atom stereocenters. The Balaban J connectivity index is 2.60. The van der Waals surface area contributed by atoms with Crippen LogP contribution in [0, 0.1) is 5.92 Å². The van der Waals surface area contributed by atoms with Gasteiger partial charge in [-0.2, -0.15) is 0 Å². The standard InChI is InChI=1S/C12H15BrO/c1-9(2)11(13)8-12(14)10-6-4-3-5-7-10/h3-7,9,11H,8H2,1-2H3. The van der Waals surface area contributed by atoms with Crippen molar-refractivity contribution in [2.45, 2.75) is 25.1 Å². The van der Waals surface area contributed by atoms with E-state index >= 15 is 0 Å². The van der Waals surface area contributed by atoms with Crippen LogP contribution >= 0.6 is 15.9 Å². The van der Waals surface area contributed by atoms with Gasteiger partial charge in [0, 0.05) is 16.8 Å². The topological polar surface area (TPSA) is 17.1 Å². The number of hydrogen-bond acceptors (Lipinski definition) is 1. The summed E-state index contributed by atoms with van der Waals surface area (Å²) in [6, 6.07) is 9.44. The van der Waals surface area contributed by atoms with E-state index in [1.54, 1.807) is 0 Å². The molecule has 0 saturated heterocycles. The van der Waals surface area contributed by atoms with E-state index < -0.39 is 0 Å². The van der Waals surface area contributed by atoms with Crippen LogP contribution in [0.2, 0.25) is 0 Å². The van der Waals surface area contributed by atoms with E-state index in [-0.39, 0.29) is 10.6 Å². The molecule has 0 bridgehead atoms. The van der Waals surface area contributed by atoms with Crippen molar-refractivity contribution in [1.82, 2.24) is 0 Å². The Hall–Kier alpha value is -0.630. The second-order valence-corrected chi connectivity index (χ2v) is 4.93. The molecule has 0 aliphatic rings. The summed E-state index contributed by atoms with van der Waals surface area (Å²) in [6.07, 6.45) is 0.571. The first-order valence-corrected chi connectivity index (χ1v) is 5.75. The number of ketones is 1. The Morgan fingerprint density at radius 1 is 1.29 bits per heavy atom. The lowest BCUT2D eigenvalue weighted by molar-refractivity contribution is 0.0978. The van der Waals surface area contributed by atoms with Gasteiger partial charge in [-0.25, -0.2) is 0 Å². The van der Waals surface area contributed by atoms with Crippen molar-refractivity contribution in [1.29, 1.82) is 0 Å². The summed E-state index contributed by atoms with van der Waals surface area (Å²) < 4.78 is 0. The van der Waals surface area contributed by atoms with Crippen LogP contribution in [0.25, 0.3) is 0 Å². The van der Waals surface area contributed by atoms with E-state index in [9.17, 15) is 4.79 Å². The van der Waals surface area contributed by atoms with Crippen LogP contribution in [0.1, 0.15) is 30.6 Å². The van der Waals surface area contributed by atoms with Gasteiger partial charge in [0.1, 0.15) is 0 Å². The van der Waals surface area contributed by atoms with Crippen molar-refractivity contribution < 1.29 is 4.79 Å². The Bertz CT molecular complexity index is 292. The molecule has 1 nitrogen and oxygen atoms in total. The summed E-state index contributed by atoms with van der Waals surface area (Å²) in [7, 11) is 0. The number of hydrogen-bond donors (Lipinski definition) is 0. The molecule has 0 saturated carbocycles. The minimum absolute atomic E-state index is 0.209. The van der Waals surface area contributed by atoms with Gasteiger partial charge in [-0.15, -0.1) is 0 Å². The third kappa shape index (κ3) is 3.26. The van der Waals surface area contributed by atoms with Crippen molar-refractivity contribution in [2.75, 3.05) is 0 Å². The molecule has 0 heterocycles. The average Bonchev–Trinajstić information content (AvgIpc) is 2.19. The van der Waals surface area contributed by atoms with Crippen LogP contribution in [0.5, 0.6) is 0 Å². The third-order valence-corrected chi connectivity index (χ3v) is 3.58.